The average molecular weight is 456 g/mol. The van der Waals surface area contributed by atoms with Crippen molar-refractivity contribution in [3.8, 4) is 17.5 Å². The van der Waals surface area contributed by atoms with Crippen LogP contribution in [0.25, 0.3) is 22.2 Å². The van der Waals surface area contributed by atoms with Crippen LogP contribution < -0.4 is 4.90 Å². The van der Waals surface area contributed by atoms with Gasteiger partial charge in [-0.05, 0) is 36.6 Å². The van der Waals surface area contributed by atoms with Gasteiger partial charge in [-0.2, -0.15) is 10.4 Å². The SMILES string of the molecule is CN(c1nnc(-c2ccnn2C)c2ccccc12)C1CCN(Cc2ccc(F)c(C#N)c2)CC1. The van der Waals surface area contributed by atoms with Crippen molar-refractivity contribution in [2.45, 2.75) is 25.4 Å². The van der Waals surface area contributed by atoms with Crippen LogP contribution in [-0.2, 0) is 13.6 Å². The molecule has 0 unspecified atom stereocenters. The first-order chi connectivity index (χ1) is 16.5. The maximum Gasteiger partial charge on any atom is 0.159 e. The monoisotopic (exact) mass is 455 g/mol. The van der Waals surface area contributed by atoms with E-state index in [1.54, 1.807) is 18.3 Å². The second-order valence-electron chi connectivity index (χ2n) is 8.80. The lowest BCUT2D eigenvalue weighted by atomic mass is 10.0. The largest absolute Gasteiger partial charge is 0.355 e. The van der Waals surface area contributed by atoms with Gasteiger partial charge in [-0.15, -0.1) is 10.2 Å². The van der Waals surface area contributed by atoms with Crippen LogP contribution >= 0.6 is 0 Å². The van der Waals surface area contributed by atoms with E-state index in [0.29, 0.717) is 12.6 Å². The summed E-state index contributed by atoms with van der Waals surface area (Å²) in [4.78, 5) is 4.61. The Hall–Kier alpha value is -3.83. The van der Waals surface area contributed by atoms with E-state index in [2.05, 4.69) is 44.3 Å². The molecule has 172 valence electrons. The number of halogens is 1. The fraction of sp³-hybridized carbons (Fsp3) is 0.308. The van der Waals surface area contributed by atoms with Crippen molar-refractivity contribution in [3.63, 3.8) is 0 Å². The summed E-state index contributed by atoms with van der Waals surface area (Å²) in [5, 5.41) is 24.8. The van der Waals surface area contributed by atoms with Gasteiger partial charge in [0.05, 0.1) is 11.3 Å². The molecule has 2 aromatic carbocycles. The fourth-order valence-corrected chi connectivity index (χ4v) is 4.80. The molecule has 1 aliphatic heterocycles. The third-order valence-electron chi connectivity index (χ3n) is 6.73. The van der Waals surface area contributed by atoms with Crippen molar-refractivity contribution in [1.82, 2.24) is 24.9 Å². The molecule has 0 saturated carbocycles. The van der Waals surface area contributed by atoms with Crippen molar-refractivity contribution >= 4 is 16.6 Å². The van der Waals surface area contributed by atoms with Gasteiger partial charge in [-0.3, -0.25) is 9.58 Å². The first-order valence-corrected chi connectivity index (χ1v) is 11.4. The zero-order valence-electron chi connectivity index (χ0n) is 19.3. The molecule has 7 nitrogen and oxygen atoms in total. The molecule has 0 spiro atoms. The number of anilines is 1. The smallest absolute Gasteiger partial charge is 0.159 e. The van der Waals surface area contributed by atoms with Gasteiger partial charge in [-0.1, -0.05) is 30.3 Å². The molecule has 1 fully saturated rings. The lowest BCUT2D eigenvalue weighted by Crippen LogP contribution is -2.43. The molecule has 4 aromatic rings. The topological polar surface area (TPSA) is 73.9 Å². The molecule has 3 heterocycles. The Morgan fingerprint density at radius 2 is 1.85 bits per heavy atom. The molecule has 0 aliphatic carbocycles. The summed E-state index contributed by atoms with van der Waals surface area (Å²) in [5.74, 6) is 0.423. The van der Waals surface area contributed by atoms with E-state index in [1.165, 1.54) is 6.07 Å². The summed E-state index contributed by atoms with van der Waals surface area (Å²) in [6, 6.07) is 17.3. The standard InChI is InChI=1S/C26H26FN7/c1-32(20-10-13-34(14-11-20)17-18-7-8-23(27)19(15-18)16-28)26-22-6-4-3-5-21(22)25(30-31-26)24-9-12-29-33(24)2/h3-9,12,15,20H,10-11,13-14,17H2,1-2H3. The maximum atomic E-state index is 13.6. The molecule has 34 heavy (non-hydrogen) atoms. The Labute approximate surface area is 198 Å². The summed E-state index contributed by atoms with van der Waals surface area (Å²) in [5.41, 5.74) is 2.84. The van der Waals surface area contributed by atoms with Gasteiger partial charge in [0.25, 0.3) is 0 Å². The second-order valence-corrected chi connectivity index (χ2v) is 8.80. The molecule has 0 bridgehead atoms. The van der Waals surface area contributed by atoms with E-state index < -0.39 is 5.82 Å². The van der Waals surface area contributed by atoms with Crippen molar-refractivity contribution in [2.75, 3.05) is 25.0 Å². The molecule has 0 N–H and O–H groups in total. The number of benzene rings is 2. The van der Waals surface area contributed by atoms with Gasteiger partial charge in [-0.25, -0.2) is 4.39 Å². The van der Waals surface area contributed by atoms with Crippen molar-refractivity contribution in [2.24, 2.45) is 7.05 Å². The highest BCUT2D eigenvalue weighted by atomic mass is 19.1. The van der Waals surface area contributed by atoms with Crippen LogP contribution in [0.3, 0.4) is 0 Å². The molecule has 8 heteroatoms. The minimum absolute atomic E-state index is 0.104. The molecule has 0 amide bonds. The predicted octanol–water partition coefficient (Wildman–Crippen LogP) is 4.14. The zero-order valence-corrected chi connectivity index (χ0v) is 19.3. The molecule has 1 aliphatic rings. The molecule has 0 atom stereocenters. The highest BCUT2D eigenvalue weighted by Crippen LogP contribution is 2.32. The van der Waals surface area contributed by atoms with E-state index in [0.717, 1.165) is 59.5 Å². The predicted molar refractivity (Wildman–Crippen MR) is 130 cm³/mol. The van der Waals surface area contributed by atoms with Crippen molar-refractivity contribution < 1.29 is 4.39 Å². The summed E-state index contributed by atoms with van der Waals surface area (Å²) in [6.45, 7) is 2.56. The number of nitrogens with zero attached hydrogens (tertiary/aromatic N) is 7. The lowest BCUT2D eigenvalue weighted by molar-refractivity contribution is 0.203. The number of piperidine rings is 1. The summed E-state index contributed by atoms with van der Waals surface area (Å²) >= 11 is 0. The third kappa shape index (κ3) is 4.11. The van der Waals surface area contributed by atoms with Crippen molar-refractivity contribution in [1.29, 1.82) is 5.26 Å². The highest BCUT2D eigenvalue weighted by Gasteiger charge is 2.25. The molecular weight excluding hydrogens is 429 g/mol. The van der Waals surface area contributed by atoms with Crippen LogP contribution in [0, 0.1) is 17.1 Å². The number of fused-ring (bicyclic) bond motifs is 1. The molecule has 5 rings (SSSR count). The van der Waals surface area contributed by atoms with Gasteiger partial charge < -0.3 is 4.90 Å². The Morgan fingerprint density at radius 1 is 1.09 bits per heavy atom. The minimum atomic E-state index is -0.464. The first-order valence-electron chi connectivity index (χ1n) is 11.4. The van der Waals surface area contributed by atoms with Crippen LogP contribution in [0.15, 0.2) is 54.7 Å². The maximum absolute atomic E-state index is 13.6. The summed E-state index contributed by atoms with van der Waals surface area (Å²) in [7, 11) is 4.01. The van der Waals surface area contributed by atoms with Gasteiger partial charge in [0, 0.05) is 56.7 Å². The molecule has 2 aromatic heterocycles. The Balaban J connectivity index is 1.32. The summed E-state index contributed by atoms with van der Waals surface area (Å²) in [6.07, 6.45) is 3.75. The Bertz CT molecular complexity index is 1370. The molecule has 1 saturated heterocycles. The average Bonchev–Trinajstić information content (AvgIpc) is 3.30. The van der Waals surface area contributed by atoms with Crippen LogP contribution in [0.5, 0.6) is 0 Å². The number of nitriles is 1. The quantitative estimate of drug-likeness (QED) is 0.450. The number of aryl methyl sites for hydroxylation is 1. The number of likely N-dealkylation sites (tertiary alicyclic amines) is 1. The second kappa shape index (κ2) is 9.20. The highest BCUT2D eigenvalue weighted by molar-refractivity contribution is 5.99. The molecular formula is C26H26FN7. The number of hydrogen-bond acceptors (Lipinski definition) is 6. The lowest BCUT2D eigenvalue weighted by Gasteiger charge is -2.37. The van der Waals surface area contributed by atoms with Crippen LogP contribution in [0.1, 0.15) is 24.0 Å². The van der Waals surface area contributed by atoms with Gasteiger partial charge in [0.15, 0.2) is 5.82 Å². The first kappa shape index (κ1) is 22.0. The van der Waals surface area contributed by atoms with E-state index in [9.17, 15) is 4.39 Å². The van der Waals surface area contributed by atoms with Crippen molar-refractivity contribution in [3.05, 3.63) is 71.7 Å². The Morgan fingerprint density at radius 3 is 2.56 bits per heavy atom. The Kier molecular flexibility index (Phi) is 5.95. The van der Waals surface area contributed by atoms with E-state index >= 15 is 0 Å². The number of rotatable bonds is 5. The summed E-state index contributed by atoms with van der Waals surface area (Å²) < 4.78 is 15.4. The van der Waals surface area contributed by atoms with Gasteiger partial charge >= 0.3 is 0 Å². The fourth-order valence-electron chi connectivity index (χ4n) is 4.80. The van der Waals surface area contributed by atoms with E-state index in [-0.39, 0.29) is 5.56 Å². The zero-order chi connectivity index (χ0) is 23.7. The third-order valence-corrected chi connectivity index (χ3v) is 6.73. The normalized spacial score (nSPS) is 14.9. The van der Waals surface area contributed by atoms with Crippen LogP contribution in [-0.4, -0.2) is 51.1 Å². The number of aromatic nitrogens is 4. The van der Waals surface area contributed by atoms with E-state index in [1.807, 2.05) is 36.0 Å². The molecule has 0 radical (unpaired) electrons. The van der Waals surface area contributed by atoms with Crippen LogP contribution in [0.4, 0.5) is 10.2 Å². The van der Waals surface area contributed by atoms with Gasteiger partial charge in [0.2, 0.25) is 0 Å². The van der Waals surface area contributed by atoms with Gasteiger partial charge in [0.1, 0.15) is 17.6 Å². The number of hydrogen-bond donors (Lipinski definition) is 0. The van der Waals surface area contributed by atoms with Crippen LogP contribution in [0.2, 0.25) is 0 Å². The van der Waals surface area contributed by atoms with E-state index in [4.69, 9.17) is 5.26 Å². The minimum Gasteiger partial charge on any atom is -0.355 e.